The number of carbonyl (C=O) groups is 1. The first-order chi connectivity index (χ1) is 8.63. The Hall–Kier alpha value is -0.770. The Kier molecular flexibility index (Phi) is 4.49. The molecule has 0 aromatic rings. The Labute approximate surface area is 110 Å². The number of amides is 1. The van der Waals surface area contributed by atoms with E-state index in [9.17, 15) is 4.79 Å². The monoisotopic (exact) mass is 254 g/mol. The molecule has 0 unspecified atom stereocenters. The van der Waals surface area contributed by atoms with E-state index < -0.39 is 0 Å². The van der Waals surface area contributed by atoms with Crippen LogP contribution in [0.15, 0.2) is 0 Å². The van der Waals surface area contributed by atoms with E-state index in [1.807, 2.05) is 11.8 Å². The highest BCUT2D eigenvalue weighted by atomic mass is 16.6. The summed E-state index contributed by atoms with van der Waals surface area (Å²) in [6.45, 7) is 7.48. The summed E-state index contributed by atoms with van der Waals surface area (Å²) in [6.07, 6.45) is 6.06. The molecule has 104 valence electrons. The van der Waals surface area contributed by atoms with E-state index in [0.29, 0.717) is 18.1 Å². The van der Waals surface area contributed by atoms with Crippen molar-refractivity contribution in [3.8, 4) is 0 Å². The number of piperidine rings is 1. The molecule has 0 spiro atoms. The number of likely N-dealkylation sites (tertiary alicyclic amines) is 1. The average molecular weight is 254 g/mol. The van der Waals surface area contributed by atoms with Gasteiger partial charge in [-0.05, 0) is 38.0 Å². The molecule has 2 aliphatic rings. The molecule has 0 aromatic heterocycles. The Balaban J connectivity index is 1.65. The summed E-state index contributed by atoms with van der Waals surface area (Å²) in [6, 6.07) is 0.577. The predicted octanol–water partition coefficient (Wildman–Crippen LogP) is 2.39. The van der Waals surface area contributed by atoms with Gasteiger partial charge in [-0.25, -0.2) is 4.79 Å². The van der Waals surface area contributed by atoms with Crippen molar-refractivity contribution >= 4 is 6.09 Å². The molecule has 0 atom stereocenters. The largest absolute Gasteiger partial charge is 0.450 e. The highest BCUT2D eigenvalue weighted by Gasteiger charge is 2.32. The number of hydrogen-bond donors (Lipinski definition) is 1. The second-order valence-corrected chi connectivity index (χ2v) is 6.01. The lowest BCUT2D eigenvalue weighted by atomic mass is 9.70. The Morgan fingerprint density at radius 3 is 2.56 bits per heavy atom. The summed E-state index contributed by atoms with van der Waals surface area (Å²) in [5.41, 5.74) is 0.540. The van der Waals surface area contributed by atoms with E-state index in [-0.39, 0.29) is 6.09 Å². The van der Waals surface area contributed by atoms with Crippen LogP contribution < -0.4 is 5.32 Å². The van der Waals surface area contributed by atoms with Gasteiger partial charge in [0, 0.05) is 25.7 Å². The van der Waals surface area contributed by atoms with Crippen molar-refractivity contribution in [3.05, 3.63) is 0 Å². The van der Waals surface area contributed by atoms with Gasteiger partial charge >= 0.3 is 6.09 Å². The molecule has 1 saturated carbocycles. The third kappa shape index (κ3) is 3.37. The van der Waals surface area contributed by atoms with Crippen LogP contribution in [-0.4, -0.2) is 43.3 Å². The van der Waals surface area contributed by atoms with E-state index in [0.717, 1.165) is 32.5 Å². The van der Waals surface area contributed by atoms with Crippen molar-refractivity contribution < 1.29 is 9.53 Å². The quantitative estimate of drug-likeness (QED) is 0.837. The molecule has 1 aliphatic heterocycles. The van der Waals surface area contributed by atoms with Crippen LogP contribution >= 0.6 is 0 Å². The van der Waals surface area contributed by atoms with E-state index in [2.05, 4.69) is 12.2 Å². The second kappa shape index (κ2) is 5.91. The third-order valence-corrected chi connectivity index (χ3v) is 4.40. The summed E-state index contributed by atoms with van der Waals surface area (Å²) in [5.74, 6) is 0. The minimum absolute atomic E-state index is 0.151. The van der Waals surface area contributed by atoms with Crippen LogP contribution in [0.1, 0.15) is 46.0 Å². The molecule has 2 rings (SSSR count). The highest BCUT2D eigenvalue weighted by Crippen LogP contribution is 2.39. The Morgan fingerprint density at radius 1 is 1.39 bits per heavy atom. The van der Waals surface area contributed by atoms with Crippen molar-refractivity contribution in [1.29, 1.82) is 0 Å². The van der Waals surface area contributed by atoms with Crippen molar-refractivity contribution in [2.75, 3.05) is 26.2 Å². The molecule has 1 saturated heterocycles. The topological polar surface area (TPSA) is 41.6 Å². The predicted molar refractivity (Wildman–Crippen MR) is 71.6 cm³/mol. The van der Waals surface area contributed by atoms with Gasteiger partial charge in [0.05, 0.1) is 6.61 Å². The summed E-state index contributed by atoms with van der Waals surface area (Å²) in [7, 11) is 0. The van der Waals surface area contributed by atoms with Gasteiger partial charge in [-0.1, -0.05) is 13.3 Å². The number of ether oxygens (including phenoxy) is 1. The lowest BCUT2D eigenvalue weighted by molar-refractivity contribution is 0.0909. The van der Waals surface area contributed by atoms with Gasteiger partial charge in [0.1, 0.15) is 0 Å². The lowest BCUT2D eigenvalue weighted by Crippen LogP contribution is -2.48. The maximum atomic E-state index is 11.6. The van der Waals surface area contributed by atoms with Crippen LogP contribution in [0.2, 0.25) is 0 Å². The van der Waals surface area contributed by atoms with Crippen LogP contribution in [0.4, 0.5) is 4.79 Å². The molecular formula is C14H26N2O2. The van der Waals surface area contributed by atoms with Crippen molar-refractivity contribution in [1.82, 2.24) is 10.2 Å². The smallest absolute Gasteiger partial charge is 0.409 e. The van der Waals surface area contributed by atoms with Crippen molar-refractivity contribution in [2.45, 2.75) is 52.0 Å². The second-order valence-electron chi connectivity index (χ2n) is 6.01. The minimum atomic E-state index is -0.151. The molecule has 1 heterocycles. The van der Waals surface area contributed by atoms with Crippen LogP contribution in [0.5, 0.6) is 0 Å². The zero-order valence-corrected chi connectivity index (χ0v) is 11.7. The molecule has 0 radical (unpaired) electrons. The van der Waals surface area contributed by atoms with Crippen LogP contribution in [-0.2, 0) is 4.74 Å². The SMILES string of the molecule is CCOC(=O)N1CCC(NCC2(C)CCC2)CC1. The van der Waals surface area contributed by atoms with Gasteiger partial charge in [-0.15, -0.1) is 0 Å². The van der Waals surface area contributed by atoms with Crippen molar-refractivity contribution in [2.24, 2.45) is 5.41 Å². The van der Waals surface area contributed by atoms with Crippen LogP contribution in [0, 0.1) is 5.41 Å². The van der Waals surface area contributed by atoms with Gasteiger partial charge in [0.2, 0.25) is 0 Å². The van der Waals surface area contributed by atoms with Gasteiger partial charge in [0.15, 0.2) is 0 Å². The molecule has 1 aliphatic carbocycles. The molecule has 1 N–H and O–H groups in total. The maximum absolute atomic E-state index is 11.6. The number of hydrogen-bond acceptors (Lipinski definition) is 3. The normalized spacial score (nSPS) is 23.6. The number of nitrogens with zero attached hydrogens (tertiary/aromatic N) is 1. The fourth-order valence-electron chi connectivity index (χ4n) is 2.83. The molecule has 4 heteroatoms. The number of carbonyl (C=O) groups excluding carboxylic acids is 1. The van der Waals surface area contributed by atoms with E-state index in [4.69, 9.17) is 4.74 Å². The minimum Gasteiger partial charge on any atom is -0.450 e. The molecule has 4 nitrogen and oxygen atoms in total. The van der Waals surface area contributed by atoms with Crippen LogP contribution in [0.25, 0.3) is 0 Å². The Bertz CT molecular complexity index is 282. The standard InChI is InChI=1S/C14H26N2O2/c1-3-18-13(17)16-9-5-12(6-10-16)15-11-14(2)7-4-8-14/h12,15H,3-11H2,1-2H3. The van der Waals surface area contributed by atoms with Gasteiger partial charge < -0.3 is 15.0 Å². The first-order valence-corrected chi connectivity index (χ1v) is 7.28. The van der Waals surface area contributed by atoms with E-state index >= 15 is 0 Å². The van der Waals surface area contributed by atoms with Gasteiger partial charge in [0.25, 0.3) is 0 Å². The molecule has 18 heavy (non-hydrogen) atoms. The van der Waals surface area contributed by atoms with E-state index in [1.54, 1.807) is 0 Å². The van der Waals surface area contributed by atoms with Crippen molar-refractivity contribution in [3.63, 3.8) is 0 Å². The average Bonchev–Trinajstić information content (AvgIpc) is 2.35. The van der Waals surface area contributed by atoms with E-state index in [1.165, 1.54) is 19.3 Å². The van der Waals surface area contributed by atoms with Gasteiger partial charge in [-0.3, -0.25) is 0 Å². The maximum Gasteiger partial charge on any atom is 0.409 e. The summed E-state index contributed by atoms with van der Waals surface area (Å²) in [4.78, 5) is 13.4. The van der Waals surface area contributed by atoms with Gasteiger partial charge in [-0.2, -0.15) is 0 Å². The zero-order chi connectivity index (χ0) is 13.0. The molecular weight excluding hydrogens is 228 g/mol. The first-order valence-electron chi connectivity index (χ1n) is 7.28. The summed E-state index contributed by atoms with van der Waals surface area (Å²) in [5, 5.41) is 3.68. The number of rotatable bonds is 4. The highest BCUT2D eigenvalue weighted by molar-refractivity contribution is 5.67. The summed E-state index contributed by atoms with van der Waals surface area (Å²) < 4.78 is 5.02. The fraction of sp³-hybridized carbons (Fsp3) is 0.929. The lowest BCUT2D eigenvalue weighted by Gasteiger charge is -2.41. The first kappa shape index (κ1) is 13.7. The molecule has 2 fully saturated rings. The summed E-state index contributed by atoms with van der Waals surface area (Å²) >= 11 is 0. The Morgan fingerprint density at radius 2 is 2.06 bits per heavy atom. The fourth-order valence-corrected chi connectivity index (χ4v) is 2.83. The molecule has 0 bridgehead atoms. The third-order valence-electron chi connectivity index (χ3n) is 4.40. The number of nitrogens with one attached hydrogen (secondary N) is 1. The van der Waals surface area contributed by atoms with Crippen LogP contribution in [0.3, 0.4) is 0 Å². The molecule has 1 amide bonds. The zero-order valence-electron chi connectivity index (χ0n) is 11.7. The molecule has 0 aromatic carbocycles.